The lowest BCUT2D eigenvalue weighted by atomic mass is 10.1. The SMILES string of the molecule is CCCNC(c1ccn(CC(C)CC)c1)C1CC1. The number of hydrogen-bond donors (Lipinski definition) is 1. The quantitative estimate of drug-likeness (QED) is 0.736. The molecule has 1 N–H and O–H groups in total. The van der Waals surface area contributed by atoms with Gasteiger partial charge in [-0.3, -0.25) is 0 Å². The fourth-order valence-corrected chi connectivity index (χ4v) is 2.53. The molecule has 0 aliphatic heterocycles. The topological polar surface area (TPSA) is 17.0 Å². The molecule has 1 saturated carbocycles. The molecule has 0 amide bonds. The Kier molecular flexibility index (Phi) is 4.87. The number of aromatic nitrogens is 1. The predicted molar refractivity (Wildman–Crippen MR) is 77.6 cm³/mol. The average molecular weight is 248 g/mol. The van der Waals surface area contributed by atoms with Crippen molar-refractivity contribution >= 4 is 0 Å². The molecule has 0 radical (unpaired) electrons. The minimum absolute atomic E-state index is 0.600. The Bertz CT molecular complexity index is 352. The second-order valence-electron chi connectivity index (χ2n) is 5.92. The lowest BCUT2D eigenvalue weighted by molar-refractivity contribution is 0.461. The first-order chi connectivity index (χ1) is 8.74. The van der Waals surface area contributed by atoms with Crippen molar-refractivity contribution in [3.63, 3.8) is 0 Å². The highest BCUT2D eigenvalue weighted by Crippen LogP contribution is 2.41. The maximum atomic E-state index is 3.71. The van der Waals surface area contributed by atoms with Gasteiger partial charge in [0, 0.05) is 25.0 Å². The monoisotopic (exact) mass is 248 g/mol. The summed E-state index contributed by atoms with van der Waals surface area (Å²) in [7, 11) is 0. The summed E-state index contributed by atoms with van der Waals surface area (Å²) in [6.45, 7) is 9.13. The second-order valence-corrected chi connectivity index (χ2v) is 5.92. The Balaban J connectivity index is 1.97. The Morgan fingerprint density at radius 2 is 2.17 bits per heavy atom. The third kappa shape index (κ3) is 3.61. The highest BCUT2D eigenvalue weighted by atomic mass is 15.0. The van der Waals surface area contributed by atoms with Gasteiger partial charge in [0.2, 0.25) is 0 Å². The van der Waals surface area contributed by atoms with Crippen LogP contribution in [-0.4, -0.2) is 11.1 Å². The fourth-order valence-electron chi connectivity index (χ4n) is 2.53. The van der Waals surface area contributed by atoms with Crippen molar-refractivity contribution in [1.82, 2.24) is 9.88 Å². The van der Waals surface area contributed by atoms with Crippen LogP contribution in [-0.2, 0) is 6.54 Å². The van der Waals surface area contributed by atoms with E-state index in [1.807, 2.05) is 0 Å². The molecule has 1 aromatic rings. The van der Waals surface area contributed by atoms with Gasteiger partial charge in [0.1, 0.15) is 0 Å². The van der Waals surface area contributed by atoms with Crippen molar-refractivity contribution in [2.45, 2.75) is 59.0 Å². The van der Waals surface area contributed by atoms with E-state index in [9.17, 15) is 0 Å². The molecular weight excluding hydrogens is 220 g/mol. The lowest BCUT2D eigenvalue weighted by Crippen LogP contribution is -2.23. The molecular formula is C16H28N2. The first-order valence-corrected chi connectivity index (χ1v) is 7.63. The Labute approximate surface area is 112 Å². The zero-order chi connectivity index (χ0) is 13.0. The summed E-state index contributed by atoms with van der Waals surface area (Å²) in [5.74, 6) is 1.66. The third-order valence-electron chi connectivity index (χ3n) is 4.06. The number of nitrogens with zero attached hydrogens (tertiary/aromatic N) is 1. The van der Waals surface area contributed by atoms with Crippen LogP contribution in [0.4, 0.5) is 0 Å². The van der Waals surface area contributed by atoms with Crippen molar-refractivity contribution < 1.29 is 0 Å². The maximum absolute atomic E-state index is 3.71. The van der Waals surface area contributed by atoms with E-state index >= 15 is 0 Å². The van der Waals surface area contributed by atoms with E-state index in [0.29, 0.717) is 6.04 Å². The van der Waals surface area contributed by atoms with E-state index in [4.69, 9.17) is 0 Å². The Morgan fingerprint density at radius 3 is 2.78 bits per heavy atom. The van der Waals surface area contributed by atoms with Gasteiger partial charge in [-0.1, -0.05) is 27.2 Å². The van der Waals surface area contributed by atoms with Crippen LogP contribution < -0.4 is 5.32 Å². The van der Waals surface area contributed by atoms with Gasteiger partial charge in [-0.05, 0) is 49.3 Å². The molecule has 1 fully saturated rings. The Hall–Kier alpha value is -0.760. The van der Waals surface area contributed by atoms with E-state index in [1.54, 1.807) is 0 Å². The van der Waals surface area contributed by atoms with Crippen molar-refractivity contribution in [2.75, 3.05) is 6.54 Å². The molecule has 1 aromatic heterocycles. The zero-order valence-corrected chi connectivity index (χ0v) is 12.2. The van der Waals surface area contributed by atoms with Crippen molar-refractivity contribution in [1.29, 1.82) is 0 Å². The smallest absolute Gasteiger partial charge is 0.0363 e. The van der Waals surface area contributed by atoms with Gasteiger partial charge in [-0.2, -0.15) is 0 Å². The molecule has 18 heavy (non-hydrogen) atoms. The minimum Gasteiger partial charge on any atom is -0.354 e. The fraction of sp³-hybridized carbons (Fsp3) is 0.750. The van der Waals surface area contributed by atoms with Gasteiger partial charge >= 0.3 is 0 Å². The van der Waals surface area contributed by atoms with Crippen LogP contribution in [0.25, 0.3) is 0 Å². The van der Waals surface area contributed by atoms with Crippen LogP contribution in [0, 0.1) is 11.8 Å². The summed E-state index contributed by atoms with van der Waals surface area (Å²) in [5, 5.41) is 3.71. The first-order valence-electron chi connectivity index (χ1n) is 7.63. The Morgan fingerprint density at radius 1 is 1.39 bits per heavy atom. The number of rotatable bonds is 8. The molecule has 2 rings (SSSR count). The predicted octanol–water partition coefficient (Wildman–Crippen LogP) is 3.98. The molecule has 2 heteroatoms. The van der Waals surface area contributed by atoms with Gasteiger partial charge in [-0.15, -0.1) is 0 Å². The molecule has 1 heterocycles. The molecule has 102 valence electrons. The van der Waals surface area contributed by atoms with Gasteiger partial charge in [0.15, 0.2) is 0 Å². The normalized spacial score (nSPS) is 18.8. The zero-order valence-electron chi connectivity index (χ0n) is 12.2. The highest BCUT2D eigenvalue weighted by Gasteiger charge is 2.32. The second kappa shape index (κ2) is 6.42. The average Bonchev–Trinajstić information content (AvgIpc) is 3.11. The molecule has 2 unspecified atom stereocenters. The third-order valence-corrected chi connectivity index (χ3v) is 4.06. The van der Waals surface area contributed by atoms with Crippen LogP contribution in [0.15, 0.2) is 18.5 Å². The summed E-state index contributed by atoms with van der Waals surface area (Å²) >= 11 is 0. The van der Waals surface area contributed by atoms with E-state index in [-0.39, 0.29) is 0 Å². The summed E-state index contributed by atoms with van der Waals surface area (Å²) < 4.78 is 2.37. The van der Waals surface area contributed by atoms with Gasteiger partial charge in [-0.25, -0.2) is 0 Å². The maximum Gasteiger partial charge on any atom is 0.0363 e. The van der Waals surface area contributed by atoms with Crippen LogP contribution in [0.1, 0.15) is 58.1 Å². The molecule has 0 bridgehead atoms. The van der Waals surface area contributed by atoms with Gasteiger partial charge in [0.25, 0.3) is 0 Å². The molecule has 1 aliphatic rings. The summed E-state index contributed by atoms with van der Waals surface area (Å²) in [6, 6.07) is 2.91. The molecule has 0 saturated heterocycles. The summed E-state index contributed by atoms with van der Waals surface area (Å²) in [4.78, 5) is 0. The minimum atomic E-state index is 0.600. The van der Waals surface area contributed by atoms with Gasteiger partial charge in [0.05, 0.1) is 0 Å². The summed E-state index contributed by atoms with van der Waals surface area (Å²) in [5.41, 5.74) is 1.49. The number of hydrogen-bond acceptors (Lipinski definition) is 1. The van der Waals surface area contributed by atoms with Crippen molar-refractivity contribution in [3.05, 3.63) is 24.0 Å². The van der Waals surface area contributed by atoms with Gasteiger partial charge < -0.3 is 9.88 Å². The molecule has 0 aromatic carbocycles. The molecule has 2 nitrogen and oxygen atoms in total. The lowest BCUT2D eigenvalue weighted by Gasteiger charge is -2.17. The highest BCUT2D eigenvalue weighted by molar-refractivity contribution is 5.18. The standard InChI is InChI=1S/C16H28N2/c1-4-9-17-16(14-6-7-14)15-8-10-18(12-15)11-13(3)5-2/h8,10,12-14,16-17H,4-7,9,11H2,1-3H3. The van der Waals surface area contributed by atoms with Crippen LogP contribution >= 0.6 is 0 Å². The molecule has 0 spiro atoms. The molecule has 2 atom stereocenters. The molecule has 1 aliphatic carbocycles. The number of nitrogens with one attached hydrogen (secondary N) is 1. The van der Waals surface area contributed by atoms with E-state index < -0.39 is 0 Å². The van der Waals surface area contributed by atoms with E-state index in [0.717, 1.165) is 24.9 Å². The largest absolute Gasteiger partial charge is 0.354 e. The van der Waals surface area contributed by atoms with Crippen LogP contribution in [0.3, 0.4) is 0 Å². The first kappa shape index (κ1) is 13.7. The summed E-state index contributed by atoms with van der Waals surface area (Å²) in [6.07, 6.45) is 9.89. The van der Waals surface area contributed by atoms with E-state index in [1.165, 1.54) is 31.2 Å². The van der Waals surface area contributed by atoms with Crippen LogP contribution in [0.5, 0.6) is 0 Å². The van der Waals surface area contributed by atoms with Crippen LogP contribution in [0.2, 0.25) is 0 Å². The van der Waals surface area contributed by atoms with Crippen molar-refractivity contribution in [3.8, 4) is 0 Å². The van der Waals surface area contributed by atoms with E-state index in [2.05, 4.69) is 49.1 Å². The van der Waals surface area contributed by atoms with Crippen molar-refractivity contribution in [2.24, 2.45) is 11.8 Å².